The molecule has 0 amide bonds. The van der Waals surface area contributed by atoms with Crippen molar-refractivity contribution in [1.29, 1.82) is 0 Å². The molecule has 1 heterocycles. The molecule has 2 saturated carbocycles. The van der Waals surface area contributed by atoms with Crippen LogP contribution in [-0.4, -0.2) is 47.4 Å². The molecule has 2 unspecified atom stereocenters. The standard InChI is InChI=1S/C14H25NO2/c16-13-6-2-1-5-12(13)15-9-10-17-14(11-15)7-3-4-8-14/h12-13,16H,1-11H2. The van der Waals surface area contributed by atoms with Crippen molar-refractivity contribution < 1.29 is 9.84 Å². The van der Waals surface area contributed by atoms with E-state index in [0.29, 0.717) is 6.04 Å². The van der Waals surface area contributed by atoms with Gasteiger partial charge in [-0.3, -0.25) is 4.90 Å². The van der Waals surface area contributed by atoms with Gasteiger partial charge >= 0.3 is 0 Å². The molecule has 0 aromatic carbocycles. The lowest BCUT2D eigenvalue weighted by molar-refractivity contribution is -0.129. The lowest BCUT2D eigenvalue weighted by atomic mass is 9.89. The van der Waals surface area contributed by atoms with Crippen LogP contribution in [0.1, 0.15) is 51.4 Å². The molecule has 0 aromatic rings. The van der Waals surface area contributed by atoms with Crippen molar-refractivity contribution in [3.8, 4) is 0 Å². The van der Waals surface area contributed by atoms with Gasteiger partial charge in [0.05, 0.1) is 18.3 Å². The minimum Gasteiger partial charge on any atom is -0.391 e. The highest BCUT2D eigenvalue weighted by molar-refractivity contribution is 4.95. The fraction of sp³-hybridized carbons (Fsp3) is 1.00. The van der Waals surface area contributed by atoms with Gasteiger partial charge in [0.25, 0.3) is 0 Å². The summed E-state index contributed by atoms with van der Waals surface area (Å²) in [7, 11) is 0. The molecule has 1 N–H and O–H groups in total. The summed E-state index contributed by atoms with van der Waals surface area (Å²) >= 11 is 0. The topological polar surface area (TPSA) is 32.7 Å². The maximum Gasteiger partial charge on any atom is 0.0809 e. The minimum atomic E-state index is -0.0969. The van der Waals surface area contributed by atoms with Crippen molar-refractivity contribution in [2.24, 2.45) is 0 Å². The molecule has 3 rings (SSSR count). The SMILES string of the molecule is OC1CCCCC1N1CCOC2(CCCC2)C1. The zero-order chi connectivity index (χ0) is 11.7. The van der Waals surface area contributed by atoms with E-state index in [9.17, 15) is 5.11 Å². The van der Waals surface area contributed by atoms with Gasteiger partial charge in [-0.05, 0) is 25.7 Å². The Morgan fingerprint density at radius 3 is 2.59 bits per heavy atom. The molecule has 1 aliphatic heterocycles. The van der Waals surface area contributed by atoms with Crippen LogP contribution in [0.2, 0.25) is 0 Å². The molecular formula is C14H25NO2. The first kappa shape index (κ1) is 11.9. The quantitative estimate of drug-likeness (QED) is 0.759. The normalized spacial score (nSPS) is 38.6. The fourth-order valence-corrected chi connectivity index (χ4v) is 4.00. The Labute approximate surface area is 104 Å². The summed E-state index contributed by atoms with van der Waals surface area (Å²) in [5, 5.41) is 10.2. The zero-order valence-electron chi connectivity index (χ0n) is 10.7. The van der Waals surface area contributed by atoms with E-state index < -0.39 is 0 Å². The van der Waals surface area contributed by atoms with Crippen molar-refractivity contribution in [1.82, 2.24) is 4.90 Å². The summed E-state index contributed by atoms with van der Waals surface area (Å²) in [5.41, 5.74) is 0.148. The Morgan fingerprint density at radius 1 is 1.06 bits per heavy atom. The third-order valence-electron chi connectivity index (χ3n) is 4.96. The first-order chi connectivity index (χ1) is 8.29. The lowest BCUT2D eigenvalue weighted by Crippen LogP contribution is -2.57. The molecule has 2 aliphatic carbocycles. The van der Waals surface area contributed by atoms with Crippen LogP contribution >= 0.6 is 0 Å². The highest BCUT2D eigenvalue weighted by Crippen LogP contribution is 2.37. The maximum absolute atomic E-state index is 10.2. The number of rotatable bonds is 1. The molecule has 1 saturated heterocycles. The Morgan fingerprint density at radius 2 is 1.82 bits per heavy atom. The summed E-state index contributed by atoms with van der Waals surface area (Å²) in [4.78, 5) is 2.53. The Kier molecular flexibility index (Phi) is 3.42. The van der Waals surface area contributed by atoms with Gasteiger partial charge in [-0.1, -0.05) is 25.7 Å². The van der Waals surface area contributed by atoms with Crippen molar-refractivity contribution in [3.63, 3.8) is 0 Å². The van der Waals surface area contributed by atoms with Gasteiger partial charge < -0.3 is 9.84 Å². The summed E-state index contributed by atoms with van der Waals surface area (Å²) in [6.45, 7) is 2.95. The van der Waals surface area contributed by atoms with Crippen LogP contribution in [0.5, 0.6) is 0 Å². The van der Waals surface area contributed by atoms with Gasteiger partial charge in [-0.25, -0.2) is 0 Å². The van der Waals surface area contributed by atoms with Crippen LogP contribution in [-0.2, 0) is 4.74 Å². The molecule has 17 heavy (non-hydrogen) atoms. The van der Waals surface area contributed by atoms with E-state index in [2.05, 4.69) is 4.90 Å². The molecule has 2 atom stereocenters. The number of nitrogens with zero attached hydrogens (tertiary/aromatic N) is 1. The third kappa shape index (κ3) is 2.38. The largest absolute Gasteiger partial charge is 0.391 e. The van der Waals surface area contributed by atoms with E-state index >= 15 is 0 Å². The van der Waals surface area contributed by atoms with Crippen LogP contribution in [0.15, 0.2) is 0 Å². The maximum atomic E-state index is 10.2. The molecule has 3 nitrogen and oxygen atoms in total. The molecule has 3 fully saturated rings. The van der Waals surface area contributed by atoms with Gasteiger partial charge in [-0.2, -0.15) is 0 Å². The Balaban J connectivity index is 1.66. The second kappa shape index (κ2) is 4.87. The van der Waals surface area contributed by atoms with Crippen molar-refractivity contribution in [2.45, 2.75) is 69.1 Å². The number of ether oxygens (including phenoxy) is 1. The predicted octanol–water partition coefficient (Wildman–Crippen LogP) is 1.93. The molecule has 0 aromatic heterocycles. The van der Waals surface area contributed by atoms with Gasteiger partial charge in [0, 0.05) is 19.1 Å². The van der Waals surface area contributed by atoms with Gasteiger partial charge in [-0.15, -0.1) is 0 Å². The molecule has 1 spiro atoms. The van der Waals surface area contributed by atoms with Gasteiger partial charge in [0.15, 0.2) is 0 Å². The first-order valence-corrected chi connectivity index (χ1v) is 7.35. The number of hydrogen-bond acceptors (Lipinski definition) is 3. The average Bonchev–Trinajstić information content (AvgIpc) is 2.78. The van der Waals surface area contributed by atoms with Crippen LogP contribution in [0.25, 0.3) is 0 Å². The summed E-state index contributed by atoms with van der Waals surface area (Å²) in [6, 6.07) is 0.408. The number of hydrogen-bond donors (Lipinski definition) is 1. The Bertz CT molecular complexity index is 263. The first-order valence-electron chi connectivity index (χ1n) is 7.35. The monoisotopic (exact) mass is 239 g/mol. The van der Waals surface area contributed by atoms with Crippen LogP contribution < -0.4 is 0 Å². The summed E-state index contributed by atoms with van der Waals surface area (Å²) in [6.07, 6.45) is 9.66. The smallest absolute Gasteiger partial charge is 0.0809 e. The fourth-order valence-electron chi connectivity index (χ4n) is 4.00. The van der Waals surface area contributed by atoms with Crippen LogP contribution in [0.3, 0.4) is 0 Å². The van der Waals surface area contributed by atoms with Crippen molar-refractivity contribution >= 4 is 0 Å². The predicted molar refractivity (Wildman–Crippen MR) is 67.0 cm³/mol. The molecule has 3 heteroatoms. The second-order valence-electron chi connectivity index (χ2n) is 6.13. The minimum absolute atomic E-state index is 0.0969. The number of morpholine rings is 1. The van der Waals surface area contributed by atoms with E-state index in [1.54, 1.807) is 0 Å². The van der Waals surface area contributed by atoms with Crippen molar-refractivity contribution in [3.05, 3.63) is 0 Å². The van der Waals surface area contributed by atoms with E-state index in [1.807, 2.05) is 0 Å². The van der Waals surface area contributed by atoms with E-state index in [-0.39, 0.29) is 11.7 Å². The van der Waals surface area contributed by atoms with Crippen LogP contribution in [0, 0.1) is 0 Å². The second-order valence-corrected chi connectivity index (χ2v) is 6.13. The third-order valence-corrected chi connectivity index (χ3v) is 4.96. The van der Waals surface area contributed by atoms with Crippen LogP contribution in [0.4, 0.5) is 0 Å². The molecule has 0 radical (unpaired) electrons. The number of aliphatic hydroxyl groups excluding tert-OH is 1. The molecule has 0 bridgehead atoms. The van der Waals surface area contributed by atoms with E-state index in [1.165, 1.54) is 44.9 Å². The van der Waals surface area contributed by atoms with E-state index in [4.69, 9.17) is 4.74 Å². The van der Waals surface area contributed by atoms with E-state index in [0.717, 1.165) is 26.1 Å². The molecular weight excluding hydrogens is 214 g/mol. The molecule has 98 valence electrons. The summed E-state index contributed by atoms with van der Waals surface area (Å²) < 4.78 is 6.06. The summed E-state index contributed by atoms with van der Waals surface area (Å²) in [5.74, 6) is 0. The average molecular weight is 239 g/mol. The zero-order valence-corrected chi connectivity index (χ0v) is 10.7. The molecule has 3 aliphatic rings. The van der Waals surface area contributed by atoms with Crippen molar-refractivity contribution in [2.75, 3.05) is 19.7 Å². The lowest BCUT2D eigenvalue weighted by Gasteiger charge is -2.46. The highest BCUT2D eigenvalue weighted by atomic mass is 16.5. The van der Waals surface area contributed by atoms with Gasteiger partial charge in [0.2, 0.25) is 0 Å². The highest BCUT2D eigenvalue weighted by Gasteiger charge is 2.42. The number of aliphatic hydroxyl groups is 1. The Hall–Kier alpha value is -0.120. The van der Waals surface area contributed by atoms with Gasteiger partial charge in [0.1, 0.15) is 0 Å².